The summed E-state index contributed by atoms with van der Waals surface area (Å²) in [5.74, 6) is 3.38. The lowest BCUT2D eigenvalue weighted by molar-refractivity contribution is -0.146. The highest BCUT2D eigenvalue weighted by Crippen LogP contribution is 2.05. The first-order chi connectivity index (χ1) is 18.0. The molecule has 0 radical (unpaired) electrons. The van der Waals surface area contributed by atoms with Crippen molar-refractivity contribution in [2.45, 2.75) is 40.1 Å². The summed E-state index contributed by atoms with van der Waals surface area (Å²) < 4.78 is 5.56. The Labute approximate surface area is 230 Å². The van der Waals surface area contributed by atoms with Gasteiger partial charge in [-0.1, -0.05) is 55.9 Å². The summed E-state index contributed by atoms with van der Waals surface area (Å²) in [5, 5.41) is 0. The first-order valence-electron chi connectivity index (χ1n) is 13.6. The Balaban J connectivity index is 2.12. The average Bonchev–Trinajstić information content (AvgIpc) is 2.83. The highest BCUT2D eigenvalue weighted by atomic mass is 28.3. The van der Waals surface area contributed by atoms with E-state index >= 15 is 0 Å². The van der Waals surface area contributed by atoms with Crippen molar-refractivity contribution in [1.82, 2.24) is 19.6 Å². The molecule has 0 amide bonds. The fourth-order valence-electron chi connectivity index (χ4n) is 4.22. The lowest BCUT2D eigenvalue weighted by Crippen LogP contribution is -2.48. The van der Waals surface area contributed by atoms with Crippen molar-refractivity contribution in [3.05, 3.63) is 35.9 Å². The number of ether oxygens (including phenoxy) is 1. The quantitative estimate of drug-likeness (QED) is 0.267. The predicted molar refractivity (Wildman–Crippen MR) is 154 cm³/mol. The van der Waals surface area contributed by atoms with Crippen LogP contribution < -0.4 is 0 Å². The summed E-state index contributed by atoms with van der Waals surface area (Å²) in [5.41, 5.74) is 4.41. The van der Waals surface area contributed by atoms with Gasteiger partial charge >= 0.3 is 5.97 Å². The zero-order valence-corrected chi connectivity index (χ0v) is 25.0. The number of Topliss-reactive ketones (excluding diaryl/α,β-unsaturated/α-hetero) is 2. The maximum Gasteiger partial charge on any atom is 0.320 e. The van der Waals surface area contributed by atoms with E-state index in [0.717, 1.165) is 25.2 Å². The molecule has 8 nitrogen and oxygen atoms in total. The summed E-state index contributed by atoms with van der Waals surface area (Å²) >= 11 is 0. The summed E-state index contributed by atoms with van der Waals surface area (Å²) in [6, 6.07) is 9.68. The highest BCUT2D eigenvalue weighted by Gasteiger charge is 2.20. The van der Waals surface area contributed by atoms with Gasteiger partial charge in [0.2, 0.25) is 0 Å². The molecule has 1 heterocycles. The Bertz CT molecular complexity index is 955. The molecule has 1 fully saturated rings. The first-order valence-corrected chi connectivity index (χ1v) is 17.1. The minimum Gasteiger partial charge on any atom is -0.460 e. The van der Waals surface area contributed by atoms with E-state index in [4.69, 9.17) is 4.74 Å². The molecule has 0 unspecified atom stereocenters. The molecule has 0 aromatic heterocycles. The maximum absolute atomic E-state index is 12.7. The van der Waals surface area contributed by atoms with E-state index in [-0.39, 0.29) is 30.7 Å². The van der Waals surface area contributed by atoms with Crippen LogP contribution in [0.2, 0.25) is 19.6 Å². The van der Waals surface area contributed by atoms with Crippen LogP contribution in [0.15, 0.2) is 30.3 Å². The lowest BCUT2D eigenvalue weighted by Gasteiger charge is -2.33. The van der Waals surface area contributed by atoms with Gasteiger partial charge in [0.1, 0.15) is 26.2 Å². The third kappa shape index (κ3) is 14.5. The molecule has 0 aliphatic carbocycles. The second-order valence-electron chi connectivity index (χ2n) is 11.2. The van der Waals surface area contributed by atoms with Gasteiger partial charge in [-0.05, 0) is 19.4 Å². The molecule has 1 aromatic rings. The van der Waals surface area contributed by atoms with Crippen LogP contribution in [0, 0.1) is 11.5 Å². The summed E-state index contributed by atoms with van der Waals surface area (Å²) in [4.78, 5) is 45.3. The number of carbonyl (C=O) groups excluding carboxylic acids is 3. The average molecular weight is 543 g/mol. The molecule has 9 heteroatoms. The molecular formula is C29H46N4O4Si. The van der Waals surface area contributed by atoms with E-state index in [1.807, 2.05) is 30.3 Å². The molecule has 1 aliphatic heterocycles. The van der Waals surface area contributed by atoms with Crippen LogP contribution in [0.4, 0.5) is 0 Å². The topological polar surface area (TPSA) is 73.4 Å². The van der Waals surface area contributed by atoms with Crippen LogP contribution >= 0.6 is 0 Å². The molecule has 0 N–H and O–H groups in total. The normalized spacial score (nSPS) is 17.5. The number of nitrogens with zero attached hydrogens (tertiary/aromatic N) is 4. The number of hydrogen-bond donors (Lipinski definition) is 0. The van der Waals surface area contributed by atoms with Gasteiger partial charge in [-0.2, -0.15) is 0 Å². The highest BCUT2D eigenvalue weighted by molar-refractivity contribution is 6.83. The largest absolute Gasteiger partial charge is 0.460 e. The molecule has 1 aromatic carbocycles. The van der Waals surface area contributed by atoms with Gasteiger partial charge < -0.3 is 4.74 Å². The lowest BCUT2D eigenvalue weighted by atomic mass is 10.2. The summed E-state index contributed by atoms with van der Waals surface area (Å²) in [6.45, 7) is 17.5. The molecule has 0 saturated carbocycles. The number of rotatable bonds is 9. The second-order valence-corrected chi connectivity index (χ2v) is 16.0. The maximum atomic E-state index is 12.7. The Morgan fingerprint density at radius 3 is 1.63 bits per heavy atom. The van der Waals surface area contributed by atoms with Gasteiger partial charge in [-0.25, -0.2) is 0 Å². The fraction of sp³-hybridized carbons (Fsp3) is 0.621. The van der Waals surface area contributed by atoms with E-state index < -0.39 is 8.07 Å². The van der Waals surface area contributed by atoms with E-state index in [1.165, 1.54) is 0 Å². The molecule has 0 bridgehead atoms. The fourth-order valence-corrected chi connectivity index (χ4v) is 4.83. The molecule has 0 atom stereocenters. The Hall–Kier alpha value is -2.35. The third-order valence-corrected chi connectivity index (χ3v) is 7.11. The van der Waals surface area contributed by atoms with Crippen molar-refractivity contribution in [3.8, 4) is 11.5 Å². The molecule has 210 valence electrons. The van der Waals surface area contributed by atoms with Crippen molar-refractivity contribution in [2.24, 2.45) is 0 Å². The predicted octanol–water partition coefficient (Wildman–Crippen LogP) is 2.01. The second kappa shape index (κ2) is 16.6. The van der Waals surface area contributed by atoms with Gasteiger partial charge in [0, 0.05) is 52.4 Å². The van der Waals surface area contributed by atoms with Crippen molar-refractivity contribution in [3.63, 3.8) is 0 Å². The van der Waals surface area contributed by atoms with Gasteiger partial charge in [0.15, 0.2) is 0 Å². The van der Waals surface area contributed by atoms with Gasteiger partial charge in [0.25, 0.3) is 0 Å². The van der Waals surface area contributed by atoms with Crippen LogP contribution in [0.5, 0.6) is 0 Å². The first kappa shape index (κ1) is 31.9. The molecule has 2 rings (SSSR count). The van der Waals surface area contributed by atoms with Crippen LogP contribution in [0.25, 0.3) is 0 Å². The number of esters is 1. The molecule has 1 saturated heterocycles. The van der Waals surface area contributed by atoms with Crippen molar-refractivity contribution in [2.75, 3.05) is 78.5 Å². The van der Waals surface area contributed by atoms with E-state index in [9.17, 15) is 14.4 Å². The SMILES string of the molecule is CC(=O)CN1CCN(CC#C[Si](C)(C)C)CCN(CC(=O)OCc2ccccc2)CCN(CC(C)=O)CC1. The zero-order chi connectivity index (χ0) is 28.0. The molecule has 0 spiro atoms. The van der Waals surface area contributed by atoms with Crippen LogP contribution in [0.1, 0.15) is 19.4 Å². The minimum absolute atomic E-state index is 0.108. The Morgan fingerprint density at radius 1 is 0.737 bits per heavy atom. The summed E-state index contributed by atoms with van der Waals surface area (Å²) in [7, 11) is -1.47. The van der Waals surface area contributed by atoms with Crippen LogP contribution in [0.3, 0.4) is 0 Å². The zero-order valence-electron chi connectivity index (χ0n) is 24.0. The smallest absolute Gasteiger partial charge is 0.320 e. The Kier molecular flexibility index (Phi) is 13.9. The van der Waals surface area contributed by atoms with Crippen molar-refractivity contribution < 1.29 is 19.1 Å². The third-order valence-electron chi connectivity index (χ3n) is 6.18. The molecular weight excluding hydrogens is 496 g/mol. The van der Waals surface area contributed by atoms with Crippen LogP contribution in [-0.4, -0.2) is 124 Å². The van der Waals surface area contributed by atoms with E-state index in [1.54, 1.807) is 13.8 Å². The summed E-state index contributed by atoms with van der Waals surface area (Å²) in [6.07, 6.45) is 0. The number of hydrogen-bond acceptors (Lipinski definition) is 8. The minimum atomic E-state index is -1.47. The Morgan fingerprint density at radius 2 is 1.18 bits per heavy atom. The molecule has 38 heavy (non-hydrogen) atoms. The van der Waals surface area contributed by atoms with Gasteiger partial charge in [-0.15, -0.1) is 5.54 Å². The van der Waals surface area contributed by atoms with Crippen molar-refractivity contribution in [1.29, 1.82) is 0 Å². The standard InChI is InChI=1S/C29H46N4O4Si/c1-26(34)22-31-15-13-30(12-9-21-38(3,4)5)14-16-33(20-19-32(18-17-31)23-27(2)35)24-29(36)37-25-28-10-7-6-8-11-28/h6-8,10-11H,12-20,22-25H2,1-5H3. The van der Waals surface area contributed by atoms with E-state index in [2.05, 4.69) is 50.7 Å². The number of carbonyl (C=O) groups is 3. The number of benzene rings is 1. The van der Waals surface area contributed by atoms with Gasteiger partial charge in [0.05, 0.1) is 26.2 Å². The van der Waals surface area contributed by atoms with Crippen LogP contribution in [-0.2, 0) is 25.7 Å². The number of ketones is 2. The van der Waals surface area contributed by atoms with Crippen molar-refractivity contribution >= 4 is 25.6 Å². The van der Waals surface area contributed by atoms with Gasteiger partial charge in [-0.3, -0.25) is 34.0 Å². The molecule has 1 aliphatic rings. The monoisotopic (exact) mass is 542 g/mol. The van der Waals surface area contributed by atoms with E-state index in [0.29, 0.717) is 52.4 Å².